The molecule has 2 fully saturated rings. The maximum absolute atomic E-state index is 11.8. The number of halogens is 1. The van der Waals surface area contributed by atoms with Crippen molar-refractivity contribution in [3.8, 4) is 0 Å². The van der Waals surface area contributed by atoms with Gasteiger partial charge in [0.15, 0.2) is 0 Å². The molecular weight excluding hydrogens is 252 g/mol. The van der Waals surface area contributed by atoms with Crippen molar-refractivity contribution in [2.45, 2.75) is 44.6 Å². The van der Waals surface area contributed by atoms with Gasteiger partial charge in [-0.15, -0.1) is 12.4 Å². The van der Waals surface area contributed by atoms with Crippen LogP contribution in [0, 0.1) is 5.92 Å². The molecule has 0 aromatic rings. The monoisotopic (exact) mass is 276 g/mol. The van der Waals surface area contributed by atoms with Gasteiger partial charge in [0, 0.05) is 19.8 Å². The molecule has 0 aromatic heterocycles. The summed E-state index contributed by atoms with van der Waals surface area (Å²) in [7, 11) is 0. The smallest absolute Gasteiger partial charge is 0.237 e. The summed E-state index contributed by atoms with van der Waals surface area (Å²) in [6.07, 6.45) is 6.76. The third-order valence-corrected chi connectivity index (χ3v) is 3.82. The van der Waals surface area contributed by atoms with E-state index in [1.54, 1.807) is 0 Å². The van der Waals surface area contributed by atoms with E-state index in [9.17, 15) is 4.79 Å². The molecule has 0 bridgehead atoms. The molecular formula is C13H25ClN2O2. The van der Waals surface area contributed by atoms with Gasteiger partial charge >= 0.3 is 0 Å². The maximum Gasteiger partial charge on any atom is 0.237 e. The van der Waals surface area contributed by atoms with Crippen molar-refractivity contribution in [2.24, 2.45) is 5.92 Å². The van der Waals surface area contributed by atoms with E-state index in [4.69, 9.17) is 4.74 Å². The molecule has 2 N–H and O–H groups in total. The Morgan fingerprint density at radius 2 is 2.00 bits per heavy atom. The molecule has 2 rings (SSSR count). The highest BCUT2D eigenvalue weighted by molar-refractivity contribution is 5.85. The van der Waals surface area contributed by atoms with E-state index in [1.807, 2.05) is 0 Å². The topological polar surface area (TPSA) is 50.4 Å². The summed E-state index contributed by atoms with van der Waals surface area (Å²) in [5, 5.41) is 6.33. The third kappa shape index (κ3) is 5.12. The second kappa shape index (κ2) is 8.73. The van der Waals surface area contributed by atoms with Crippen LogP contribution in [0.5, 0.6) is 0 Å². The summed E-state index contributed by atoms with van der Waals surface area (Å²) < 4.78 is 5.32. The first-order valence-electron chi connectivity index (χ1n) is 6.95. The fourth-order valence-corrected chi connectivity index (χ4v) is 2.63. The highest BCUT2D eigenvalue weighted by atomic mass is 35.5. The number of hydrogen-bond donors (Lipinski definition) is 2. The van der Waals surface area contributed by atoms with Gasteiger partial charge < -0.3 is 15.4 Å². The Bertz CT molecular complexity index is 239. The fraction of sp³-hybridized carbons (Fsp3) is 0.923. The minimum absolute atomic E-state index is 0. The lowest BCUT2D eigenvalue weighted by atomic mass is 9.96. The zero-order chi connectivity index (χ0) is 11.9. The molecule has 0 aliphatic carbocycles. The molecule has 1 atom stereocenters. The normalized spacial score (nSPS) is 25.2. The molecule has 18 heavy (non-hydrogen) atoms. The maximum atomic E-state index is 11.8. The van der Waals surface area contributed by atoms with E-state index in [1.165, 1.54) is 12.8 Å². The largest absolute Gasteiger partial charge is 0.381 e. The van der Waals surface area contributed by atoms with E-state index in [0.29, 0.717) is 0 Å². The van der Waals surface area contributed by atoms with E-state index in [2.05, 4.69) is 10.6 Å². The van der Waals surface area contributed by atoms with E-state index in [-0.39, 0.29) is 24.4 Å². The van der Waals surface area contributed by atoms with Crippen LogP contribution in [0.4, 0.5) is 0 Å². The average molecular weight is 277 g/mol. The van der Waals surface area contributed by atoms with Gasteiger partial charge in [-0.3, -0.25) is 4.79 Å². The minimum Gasteiger partial charge on any atom is -0.381 e. The number of amides is 1. The van der Waals surface area contributed by atoms with Crippen molar-refractivity contribution in [1.82, 2.24) is 10.6 Å². The molecule has 2 heterocycles. The molecule has 0 spiro atoms. The fourth-order valence-electron chi connectivity index (χ4n) is 2.63. The van der Waals surface area contributed by atoms with Crippen LogP contribution < -0.4 is 10.6 Å². The Kier molecular flexibility index (Phi) is 7.63. The standard InChI is InChI=1S/C13H24N2O2.ClH/c16-13(12-3-1-2-7-14-12)15-8-4-11-5-9-17-10-6-11;/h11-12,14H,1-10H2,(H,15,16);1H/t12-;/m0./s1. The van der Waals surface area contributed by atoms with Crippen molar-refractivity contribution >= 4 is 18.3 Å². The average Bonchev–Trinajstić information content (AvgIpc) is 2.41. The van der Waals surface area contributed by atoms with Crippen LogP contribution in [-0.4, -0.2) is 38.3 Å². The summed E-state index contributed by atoms with van der Waals surface area (Å²) in [6.45, 7) is 3.59. The van der Waals surface area contributed by atoms with Crippen LogP contribution in [0.2, 0.25) is 0 Å². The predicted octanol–water partition coefficient (Wildman–Crippen LogP) is 1.48. The van der Waals surface area contributed by atoms with Crippen molar-refractivity contribution in [2.75, 3.05) is 26.3 Å². The van der Waals surface area contributed by atoms with E-state index in [0.717, 1.165) is 57.9 Å². The Morgan fingerprint density at radius 3 is 2.67 bits per heavy atom. The number of carbonyl (C=O) groups excluding carboxylic acids is 1. The van der Waals surface area contributed by atoms with Crippen LogP contribution >= 0.6 is 12.4 Å². The number of carbonyl (C=O) groups is 1. The van der Waals surface area contributed by atoms with Gasteiger partial charge in [-0.2, -0.15) is 0 Å². The molecule has 2 aliphatic heterocycles. The van der Waals surface area contributed by atoms with Gasteiger partial charge in [0.25, 0.3) is 0 Å². The Labute approximate surface area is 116 Å². The minimum atomic E-state index is 0. The highest BCUT2D eigenvalue weighted by Crippen LogP contribution is 2.17. The highest BCUT2D eigenvalue weighted by Gasteiger charge is 2.20. The van der Waals surface area contributed by atoms with Gasteiger partial charge in [-0.1, -0.05) is 6.42 Å². The van der Waals surface area contributed by atoms with Gasteiger partial charge in [-0.25, -0.2) is 0 Å². The molecule has 1 amide bonds. The van der Waals surface area contributed by atoms with Crippen LogP contribution in [0.3, 0.4) is 0 Å². The second-order valence-electron chi connectivity index (χ2n) is 5.14. The van der Waals surface area contributed by atoms with Gasteiger partial charge in [-0.05, 0) is 44.6 Å². The first-order valence-corrected chi connectivity index (χ1v) is 6.95. The van der Waals surface area contributed by atoms with Gasteiger partial charge in [0.1, 0.15) is 0 Å². The Balaban J connectivity index is 0.00000162. The first-order chi connectivity index (χ1) is 8.36. The number of nitrogens with one attached hydrogen (secondary N) is 2. The van der Waals surface area contributed by atoms with Crippen LogP contribution in [-0.2, 0) is 9.53 Å². The summed E-state index contributed by atoms with van der Waals surface area (Å²) in [5.41, 5.74) is 0. The predicted molar refractivity (Wildman–Crippen MR) is 74.1 cm³/mol. The number of rotatable bonds is 4. The molecule has 4 nitrogen and oxygen atoms in total. The Morgan fingerprint density at radius 1 is 1.22 bits per heavy atom. The summed E-state index contributed by atoms with van der Waals surface area (Å²) in [5.74, 6) is 0.931. The lowest BCUT2D eigenvalue weighted by Gasteiger charge is -2.24. The zero-order valence-corrected chi connectivity index (χ0v) is 11.8. The van der Waals surface area contributed by atoms with Crippen molar-refractivity contribution in [1.29, 1.82) is 0 Å². The van der Waals surface area contributed by atoms with E-state index >= 15 is 0 Å². The summed E-state index contributed by atoms with van der Waals surface area (Å²) in [6, 6.07) is 0.0541. The van der Waals surface area contributed by atoms with Gasteiger partial charge in [0.05, 0.1) is 6.04 Å². The lowest BCUT2D eigenvalue weighted by molar-refractivity contribution is -0.123. The molecule has 0 unspecified atom stereocenters. The lowest BCUT2D eigenvalue weighted by Crippen LogP contribution is -2.47. The van der Waals surface area contributed by atoms with Crippen molar-refractivity contribution in [3.05, 3.63) is 0 Å². The molecule has 2 aliphatic rings. The number of ether oxygens (including phenoxy) is 1. The third-order valence-electron chi connectivity index (χ3n) is 3.82. The number of hydrogen-bond acceptors (Lipinski definition) is 3. The summed E-state index contributed by atoms with van der Waals surface area (Å²) in [4.78, 5) is 11.8. The molecule has 2 saturated heterocycles. The van der Waals surface area contributed by atoms with Crippen molar-refractivity contribution < 1.29 is 9.53 Å². The SMILES string of the molecule is Cl.O=C(NCCC1CCOCC1)[C@@H]1CCCCN1. The molecule has 0 aromatic carbocycles. The van der Waals surface area contributed by atoms with Crippen LogP contribution in [0.25, 0.3) is 0 Å². The zero-order valence-electron chi connectivity index (χ0n) is 11.0. The van der Waals surface area contributed by atoms with Crippen LogP contribution in [0.1, 0.15) is 38.5 Å². The second-order valence-corrected chi connectivity index (χ2v) is 5.14. The summed E-state index contributed by atoms with van der Waals surface area (Å²) >= 11 is 0. The molecule has 0 radical (unpaired) electrons. The van der Waals surface area contributed by atoms with Crippen LogP contribution in [0.15, 0.2) is 0 Å². The first kappa shape index (κ1) is 15.7. The van der Waals surface area contributed by atoms with Gasteiger partial charge in [0.2, 0.25) is 5.91 Å². The quantitative estimate of drug-likeness (QED) is 0.818. The molecule has 106 valence electrons. The molecule has 5 heteroatoms. The Hall–Kier alpha value is -0.320. The number of piperidine rings is 1. The molecule has 0 saturated carbocycles. The van der Waals surface area contributed by atoms with E-state index < -0.39 is 0 Å². The van der Waals surface area contributed by atoms with Crippen molar-refractivity contribution in [3.63, 3.8) is 0 Å².